The second kappa shape index (κ2) is 3.48. The maximum absolute atomic E-state index is 4.77. The van der Waals surface area contributed by atoms with E-state index < -0.39 is 0 Å². The van der Waals surface area contributed by atoms with E-state index in [0.29, 0.717) is 5.92 Å². The summed E-state index contributed by atoms with van der Waals surface area (Å²) in [4.78, 5) is 6.30. The third-order valence-corrected chi connectivity index (χ3v) is 4.81. The molecule has 1 aromatic rings. The highest BCUT2D eigenvalue weighted by Crippen LogP contribution is 2.40. The molecule has 15 heavy (non-hydrogen) atoms. The molecule has 0 aliphatic heterocycles. The highest BCUT2D eigenvalue weighted by Gasteiger charge is 2.28. The van der Waals surface area contributed by atoms with Crippen molar-refractivity contribution in [3.63, 3.8) is 0 Å². The molecule has 0 radical (unpaired) electrons. The van der Waals surface area contributed by atoms with Gasteiger partial charge in [-0.2, -0.15) is 0 Å². The van der Waals surface area contributed by atoms with Gasteiger partial charge in [-0.05, 0) is 31.6 Å². The van der Waals surface area contributed by atoms with Crippen LogP contribution in [0.2, 0.25) is 0 Å². The van der Waals surface area contributed by atoms with E-state index in [0.717, 1.165) is 12.0 Å². The van der Waals surface area contributed by atoms with Gasteiger partial charge in [0.05, 0.1) is 5.69 Å². The van der Waals surface area contributed by atoms with Crippen LogP contribution < -0.4 is 5.32 Å². The van der Waals surface area contributed by atoms with E-state index in [1.54, 1.807) is 0 Å². The summed E-state index contributed by atoms with van der Waals surface area (Å²) in [6, 6.07) is 0.727. The Morgan fingerprint density at radius 3 is 2.80 bits per heavy atom. The van der Waals surface area contributed by atoms with Crippen molar-refractivity contribution in [3.05, 3.63) is 10.6 Å². The highest BCUT2D eigenvalue weighted by atomic mass is 32.1. The van der Waals surface area contributed by atoms with E-state index in [-0.39, 0.29) is 0 Å². The van der Waals surface area contributed by atoms with E-state index in [2.05, 4.69) is 19.2 Å². The lowest BCUT2D eigenvalue weighted by atomic mass is 9.83. The lowest BCUT2D eigenvalue weighted by molar-refractivity contribution is 0.422. The van der Waals surface area contributed by atoms with Gasteiger partial charge in [-0.1, -0.05) is 13.8 Å². The first kappa shape index (κ1) is 9.64. The number of hydrogen-bond acceptors (Lipinski definition) is 3. The zero-order valence-corrected chi connectivity index (χ0v) is 10.2. The summed E-state index contributed by atoms with van der Waals surface area (Å²) >= 11 is 1.89. The molecule has 1 N–H and O–H groups in total. The molecule has 1 aromatic heterocycles. The Bertz CT molecular complexity index is 368. The van der Waals surface area contributed by atoms with E-state index in [1.165, 1.54) is 41.4 Å². The van der Waals surface area contributed by atoms with Crippen LogP contribution in [0.25, 0.3) is 0 Å². The van der Waals surface area contributed by atoms with Gasteiger partial charge in [-0.15, -0.1) is 11.3 Å². The molecule has 1 heterocycles. The van der Waals surface area contributed by atoms with Gasteiger partial charge in [0, 0.05) is 16.8 Å². The normalized spacial score (nSPS) is 30.0. The summed E-state index contributed by atoms with van der Waals surface area (Å²) in [7, 11) is 0. The third-order valence-electron chi connectivity index (χ3n) is 3.74. The van der Waals surface area contributed by atoms with Crippen molar-refractivity contribution in [2.24, 2.45) is 5.92 Å². The summed E-state index contributed by atoms with van der Waals surface area (Å²) < 4.78 is 0. The van der Waals surface area contributed by atoms with Gasteiger partial charge >= 0.3 is 0 Å². The monoisotopic (exact) mass is 222 g/mol. The topological polar surface area (TPSA) is 24.9 Å². The number of aromatic nitrogens is 1. The fraction of sp³-hybridized carbons (Fsp3) is 0.750. The average Bonchev–Trinajstić information content (AvgIpc) is 2.91. The van der Waals surface area contributed by atoms with Gasteiger partial charge < -0.3 is 5.32 Å². The van der Waals surface area contributed by atoms with Crippen LogP contribution >= 0.6 is 11.3 Å². The number of hydrogen-bond donors (Lipinski definition) is 1. The number of thiazole rings is 1. The summed E-state index contributed by atoms with van der Waals surface area (Å²) in [5.41, 5.74) is 1.38. The molecular formula is C12H18N2S. The van der Waals surface area contributed by atoms with E-state index >= 15 is 0 Å². The minimum Gasteiger partial charge on any atom is -0.359 e. The summed E-state index contributed by atoms with van der Waals surface area (Å²) in [5.74, 6) is 1.45. The van der Waals surface area contributed by atoms with E-state index in [1.807, 2.05) is 11.3 Å². The smallest absolute Gasteiger partial charge is 0.183 e. The summed E-state index contributed by atoms with van der Waals surface area (Å²) in [6.45, 7) is 4.67. The van der Waals surface area contributed by atoms with Crippen molar-refractivity contribution >= 4 is 16.5 Å². The van der Waals surface area contributed by atoms with Crippen molar-refractivity contribution in [1.82, 2.24) is 4.98 Å². The van der Waals surface area contributed by atoms with Gasteiger partial charge in [-0.25, -0.2) is 4.98 Å². The minimum atomic E-state index is 0.653. The molecule has 0 spiro atoms. The molecule has 0 bridgehead atoms. The van der Waals surface area contributed by atoms with Crippen molar-refractivity contribution in [2.75, 3.05) is 5.32 Å². The quantitative estimate of drug-likeness (QED) is 0.829. The van der Waals surface area contributed by atoms with Crippen molar-refractivity contribution in [3.8, 4) is 0 Å². The number of anilines is 1. The molecule has 1 saturated carbocycles. The first-order valence-electron chi connectivity index (χ1n) is 6.00. The molecular weight excluding hydrogens is 204 g/mol. The Hall–Kier alpha value is -0.570. The Kier molecular flexibility index (Phi) is 2.23. The van der Waals surface area contributed by atoms with Crippen LogP contribution in [0, 0.1) is 5.92 Å². The van der Waals surface area contributed by atoms with Crippen molar-refractivity contribution < 1.29 is 0 Å². The van der Waals surface area contributed by atoms with E-state index in [9.17, 15) is 0 Å². The number of aryl methyl sites for hydroxylation is 1. The van der Waals surface area contributed by atoms with Crippen LogP contribution in [0.4, 0.5) is 5.13 Å². The van der Waals surface area contributed by atoms with Gasteiger partial charge in [0.2, 0.25) is 0 Å². The van der Waals surface area contributed by atoms with Crippen LogP contribution in [0.1, 0.15) is 49.6 Å². The van der Waals surface area contributed by atoms with Gasteiger partial charge in [0.1, 0.15) is 0 Å². The Morgan fingerprint density at radius 1 is 1.27 bits per heavy atom. The lowest BCUT2D eigenvalue weighted by Crippen LogP contribution is -2.14. The zero-order valence-electron chi connectivity index (χ0n) is 9.42. The molecule has 2 aliphatic rings. The number of fused-ring (bicyclic) bond motifs is 1. The second-order valence-electron chi connectivity index (χ2n) is 5.05. The predicted molar refractivity (Wildman–Crippen MR) is 64.7 cm³/mol. The summed E-state index contributed by atoms with van der Waals surface area (Å²) in [6.07, 6.45) is 5.23. The fourth-order valence-corrected chi connectivity index (χ4v) is 3.40. The first-order valence-corrected chi connectivity index (χ1v) is 6.82. The van der Waals surface area contributed by atoms with Crippen molar-refractivity contribution in [2.45, 2.75) is 51.5 Å². The number of rotatable bonds is 2. The third kappa shape index (κ3) is 1.78. The van der Waals surface area contributed by atoms with Gasteiger partial charge in [0.15, 0.2) is 5.13 Å². The average molecular weight is 222 g/mol. The maximum atomic E-state index is 4.77. The van der Waals surface area contributed by atoms with Crippen LogP contribution in [0.15, 0.2) is 0 Å². The van der Waals surface area contributed by atoms with Crippen LogP contribution in [0.3, 0.4) is 0 Å². The highest BCUT2D eigenvalue weighted by molar-refractivity contribution is 7.15. The Morgan fingerprint density at radius 2 is 2.07 bits per heavy atom. The first-order chi connectivity index (χ1) is 7.24. The molecule has 0 saturated heterocycles. The fourth-order valence-electron chi connectivity index (χ4n) is 2.24. The molecule has 2 aliphatic carbocycles. The maximum Gasteiger partial charge on any atom is 0.183 e. The van der Waals surface area contributed by atoms with Crippen LogP contribution in [-0.4, -0.2) is 11.0 Å². The molecule has 82 valence electrons. The number of nitrogens with zero attached hydrogens (tertiary/aromatic N) is 1. The van der Waals surface area contributed by atoms with Gasteiger partial charge in [-0.3, -0.25) is 0 Å². The SMILES string of the molecule is CC1CCc2sc(NC3CC3)nc2C1C. The molecule has 1 fully saturated rings. The van der Waals surface area contributed by atoms with Crippen LogP contribution in [0.5, 0.6) is 0 Å². The van der Waals surface area contributed by atoms with E-state index in [4.69, 9.17) is 4.98 Å². The molecule has 2 unspecified atom stereocenters. The van der Waals surface area contributed by atoms with Crippen molar-refractivity contribution in [1.29, 1.82) is 0 Å². The molecule has 0 amide bonds. The molecule has 3 rings (SSSR count). The number of nitrogens with one attached hydrogen (secondary N) is 1. The Balaban J connectivity index is 1.85. The summed E-state index contributed by atoms with van der Waals surface area (Å²) in [5, 5.41) is 4.69. The molecule has 0 aromatic carbocycles. The lowest BCUT2D eigenvalue weighted by Gasteiger charge is -2.24. The van der Waals surface area contributed by atoms with Crippen LogP contribution in [-0.2, 0) is 6.42 Å². The zero-order chi connectivity index (χ0) is 10.4. The standard InChI is InChI=1S/C12H18N2S/c1-7-3-6-10-11(8(7)2)14-12(15-10)13-9-4-5-9/h7-9H,3-6H2,1-2H3,(H,13,14). The van der Waals surface area contributed by atoms with Gasteiger partial charge in [0.25, 0.3) is 0 Å². The minimum absolute atomic E-state index is 0.653. The largest absolute Gasteiger partial charge is 0.359 e. The molecule has 2 nitrogen and oxygen atoms in total. The molecule has 2 atom stereocenters. The second-order valence-corrected chi connectivity index (χ2v) is 6.13. The Labute approximate surface area is 95.1 Å². The predicted octanol–water partition coefficient (Wildman–Crippen LogP) is 3.40. The molecule has 3 heteroatoms.